The highest BCUT2D eigenvalue weighted by Crippen LogP contribution is 2.32. The van der Waals surface area contributed by atoms with Crippen molar-refractivity contribution in [2.24, 2.45) is 0 Å². The third kappa shape index (κ3) is 1.71. The van der Waals surface area contributed by atoms with Crippen LogP contribution in [0, 0.1) is 0 Å². The van der Waals surface area contributed by atoms with E-state index in [-0.39, 0.29) is 0 Å². The zero-order valence-corrected chi connectivity index (χ0v) is 9.39. The molecule has 0 spiro atoms. The topological polar surface area (TPSA) is 0 Å². The molecule has 2 rings (SSSR count). The lowest BCUT2D eigenvalue weighted by Gasteiger charge is -1.99. The zero-order valence-electron chi connectivity index (χ0n) is 7.81. The van der Waals surface area contributed by atoms with Crippen molar-refractivity contribution in [3.05, 3.63) is 39.4 Å². The minimum atomic E-state index is 1.16. The molecule has 68 valence electrons. The van der Waals surface area contributed by atoms with E-state index >= 15 is 0 Å². The summed E-state index contributed by atoms with van der Waals surface area (Å²) >= 11 is 3.58. The lowest BCUT2D eigenvalue weighted by Crippen LogP contribution is -1.84. The predicted octanol–water partition coefficient (Wildman–Crippen LogP) is 4.19. The SMILES string of the molecule is CCCC1=Cc2c(Br)cccc2C1. The van der Waals surface area contributed by atoms with Crippen LogP contribution in [0.25, 0.3) is 6.08 Å². The van der Waals surface area contributed by atoms with E-state index in [1.54, 1.807) is 5.57 Å². The molecule has 0 heterocycles. The Morgan fingerprint density at radius 3 is 2.92 bits per heavy atom. The van der Waals surface area contributed by atoms with E-state index in [4.69, 9.17) is 0 Å². The van der Waals surface area contributed by atoms with Crippen molar-refractivity contribution in [3.8, 4) is 0 Å². The summed E-state index contributed by atoms with van der Waals surface area (Å²) in [5.41, 5.74) is 4.44. The van der Waals surface area contributed by atoms with Gasteiger partial charge in [-0.15, -0.1) is 0 Å². The summed E-state index contributed by atoms with van der Waals surface area (Å²) in [6, 6.07) is 6.45. The van der Waals surface area contributed by atoms with E-state index in [1.807, 2.05) is 0 Å². The van der Waals surface area contributed by atoms with Crippen LogP contribution in [0.4, 0.5) is 0 Å². The molecule has 0 aliphatic heterocycles. The van der Waals surface area contributed by atoms with Gasteiger partial charge >= 0.3 is 0 Å². The average molecular weight is 237 g/mol. The maximum Gasteiger partial charge on any atom is 0.0250 e. The number of halogens is 1. The third-order valence-electron chi connectivity index (χ3n) is 2.48. The van der Waals surface area contributed by atoms with Crippen molar-refractivity contribution < 1.29 is 0 Å². The first-order chi connectivity index (χ1) is 6.31. The zero-order chi connectivity index (χ0) is 9.26. The van der Waals surface area contributed by atoms with Crippen molar-refractivity contribution in [1.82, 2.24) is 0 Å². The van der Waals surface area contributed by atoms with Gasteiger partial charge < -0.3 is 0 Å². The second kappa shape index (κ2) is 3.67. The fourth-order valence-electron chi connectivity index (χ4n) is 1.88. The van der Waals surface area contributed by atoms with Gasteiger partial charge in [-0.05, 0) is 30.0 Å². The summed E-state index contributed by atoms with van der Waals surface area (Å²) in [5.74, 6) is 0. The fourth-order valence-corrected chi connectivity index (χ4v) is 2.40. The number of rotatable bonds is 2. The summed E-state index contributed by atoms with van der Waals surface area (Å²) in [4.78, 5) is 0. The van der Waals surface area contributed by atoms with E-state index in [2.05, 4.69) is 47.1 Å². The van der Waals surface area contributed by atoms with Crippen LogP contribution in [0.3, 0.4) is 0 Å². The third-order valence-corrected chi connectivity index (χ3v) is 3.17. The second-order valence-electron chi connectivity index (χ2n) is 3.54. The molecule has 0 N–H and O–H groups in total. The van der Waals surface area contributed by atoms with Crippen LogP contribution in [0.15, 0.2) is 28.2 Å². The highest BCUT2D eigenvalue weighted by Gasteiger charge is 2.13. The van der Waals surface area contributed by atoms with E-state index in [0.717, 1.165) is 6.42 Å². The van der Waals surface area contributed by atoms with E-state index in [0.29, 0.717) is 0 Å². The van der Waals surface area contributed by atoms with Crippen LogP contribution in [0.5, 0.6) is 0 Å². The molecule has 0 radical (unpaired) electrons. The number of hydrogen-bond acceptors (Lipinski definition) is 0. The van der Waals surface area contributed by atoms with Gasteiger partial charge in [0.2, 0.25) is 0 Å². The summed E-state index contributed by atoms with van der Waals surface area (Å²) in [6.45, 7) is 2.23. The van der Waals surface area contributed by atoms with Gasteiger partial charge in [-0.25, -0.2) is 0 Å². The molecule has 1 aliphatic carbocycles. The van der Waals surface area contributed by atoms with Crippen molar-refractivity contribution in [1.29, 1.82) is 0 Å². The second-order valence-corrected chi connectivity index (χ2v) is 4.40. The van der Waals surface area contributed by atoms with Crippen molar-refractivity contribution in [2.45, 2.75) is 26.2 Å². The largest absolute Gasteiger partial charge is 0.0652 e. The maximum atomic E-state index is 3.58. The van der Waals surface area contributed by atoms with E-state index < -0.39 is 0 Å². The molecule has 0 aromatic heterocycles. The molecular formula is C12H13Br. The first-order valence-electron chi connectivity index (χ1n) is 4.78. The molecular weight excluding hydrogens is 224 g/mol. The Bertz CT molecular complexity index is 350. The summed E-state index contributed by atoms with van der Waals surface area (Å²) in [6.07, 6.45) is 5.98. The standard InChI is InChI=1S/C12H13Br/c1-2-4-9-7-10-5-3-6-12(13)11(10)8-9/h3,5-6,8H,2,4,7H2,1H3. The summed E-state index contributed by atoms with van der Waals surface area (Å²) < 4.78 is 1.23. The molecule has 0 fully saturated rings. The van der Waals surface area contributed by atoms with E-state index in [9.17, 15) is 0 Å². The maximum absolute atomic E-state index is 3.58. The number of benzene rings is 1. The predicted molar refractivity (Wildman–Crippen MR) is 60.7 cm³/mol. The van der Waals surface area contributed by atoms with Gasteiger partial charge in [0.25, 0.3) is 0 Å². The van der Waals surface area contributed by atoms with E-state index in [1.165, 1.54) is 28.4 Å². The molecule has 0 atom stereocenters. The fraction of sp³-hybridized carbons (Fsp3) is 0.333. The van der Waals surface area contributed by atoms with Crippen LogP contribution in [0.1, 0.15) is 30.9 Å². The molecule has 0 unspecified atom stereocenters. The normalized spacial score (nSPS) is 14.2. The Labute approximate surface area is 87.8 Å². The lowest BCUT2D eigenvalue weighted by molar-refractivity contribution is 0.886. The number of hydrogen-bond donors (Lipinski definition) is 0. The van der Waals surface area contributed by atoms with Gasteiger partial charge in [0, 0.05) is 4.47 Å². The molecule has 0 saturated carbocycles. The quantitative estimate of drug-likeness (QED) is 0.723. The molecule has 0 amide bonds. The Balaban J connectivity index is 2.32. The smallest absolute Gasteiger partial charge is 0.0250 e. The minimum Gasteiger partial charge on any atom is -0.0652 e. The Hall–Kier alpha value is -0.560. The average Bonchev–Trinajstić information content (AvgIpc) is 2.49. The Kier molecular flexibility index (Phi) is 2.54. The first-order valence-corrected chi connectivity index (χ1v) is 5.57. The molecule has 1 heteroatoms. The van der Waals surface area contributed by atoms with Gasteiger partial charge in [0.15, 0.2) is 0 Å². The first kappa shape index (κ1) is 9.01. The molecule has 0 bridgehead atoms. The summed E-state index contributed by atoms with van der Waals surface area (Å²) in [5, 5.41) is 0. The Morgan fingerprint density at radius 2 is 2.23 bits per heavy atom. The van der Waals surface area contributed by atoms with Crippen LogP contribution in [-0.2, 0) is 6.42 Å². The minimum absolute atomic E-state index is 1.16. The monoisotopic (exact) mass is 236 g/mol. The number of fused-ring (bicyclic) bond motifs is 1. The van der Waals surface area contributed by atoms with Crippen molar-refractivity contribution in [2.75, 3.05) is 0 Å². The van der Waals surface area contributed by atoms with Crippen LogP contribution < -0.4 is 0 Å². The summed E-state index contributed by atoms with van der Waals surface area (Å²) in [7, 11) is 0. The highest BCUT2D eigenvalue weighted by atomic mass is 79.9. The van der Waals surface area contributed by atoms with Crippen molar-refractivity contribution >= 4 is 22.0 Å². The van der Waals surface area contributed by atoms with Gasteiger partial charge in [-0.1, -0.05) is 53.1 Å². The number of allylic oxidation sites excluding steroid dienone is 1. The molecule has 13 heavy (non-hydrogen) atoms. The molecule has 1 aliphatic rings. The van der Waals surface area contributed by atoms with Gasteiger partial charge in [0.1, 0.15) is 0 Å². The van der Waals surface area contributed by atoms with Crippen LogP contribution in [0.2, 0.25) is 0 Å². The molecule has 0 nitrogen and oxygen atoms in total. The lowest BCUT2D eigenvalue weighted by atomic mass is 10.1. The molecule has 1 aromatic carbocycles. The highest BCUT2D eigenvalue weighted by molar-refractivity contribution is 9.10. The van der Waals surface area contributed by atoms with Crippen molar-refractivity contribution in [3.63, 3.8) is 0 Å². The van der Waals surface area contributed by atoms with Gasteiger partial charge in [0.05, 0.1) is 0 Å². The van der Waals surface area contributed by atoms with Crippen LogP contribution in [-0.4, -0.2) is 0 Å². The molecule has 1 aromatic rings. The van der Waals surface area contributed by atoms with Gasteiger partial charge in [-0.2, -0.15) is 0 Å². The Morgan fingerprint density at radius 1 is 1.38 bits per heavy atom. The van der Waals surface area contributed by atoms with Crippen LogP contribution >= 0.6 is 15.9 Å². The van der Waals surface area contributed by atoms with Gasteiger partial charge in [-0.3, -0.25) is 0 Å². The molecule has 0 saturated heterocycles.